The van der Waals surface area contributed by atoms with Crippen LogP contribution in [-0.2, 0) is 10.8 Å². The average Bonchev–Trinajstić information content (AvgIpc) is 3.16. The van der Waals surface area contributed by atoms with Crippen LogP contribution < -0.4 is 10.9 Å². The molecule has 0 saturated carbocycles. The lowest BCUT2D eigenvalue weighted by Crippen LogP contribution is -2.12. The van der Waals surface area contributed by atoms with Gasteiger partial charge >= 0.3 is 0 Å². The molecule has 0 amide bonds. The van der Waals surface area contributed by atoms with Crippen LogP contribution in [0.5, 0.6) is 0 Å². The molecule has 0 saturated heterocycles. The zero-order valence-electron chi connectivity index (χ0n) is 13.6. The van der Waals surface area contributed by atoms with E-state index in [1.54, 1.807) is 18.5 Å². The van der Waals surface area contributed by atoms with E-state index in [0.717, 1.165) is 5.69 Å². The molecule has 3 aromatic heterocycles. The first-order chi connectivity index (χ1) is 12.6. The molecule has 0 bridgehead atoms. The Balaban J connectivity index is 1.83. The number of pyridine rings is 1. The summed E-state index contributed by atoms with van der Waals surface area (Å²) in [7, 11) is -1.39. The Morgan fingerprint density at radius 2 is 1.96 bits per heavy atom. The van der Waals surface area contributed by atoms with Crippen molar-refractivity contribution in [2.24, 2.45) is 0 Å². The van der Waals surface area contributed by atoms with E-state index < -0.39 is 10.8 Å². The van der Waals surface area contributed by atoms with Crippen molar-refractivity contribution in [3.63, 3.8) is 0 Å². The van der Waals surface area contributed by atoms with Crippen LogP contribution in [0, 0.1) is 0 Å². The predicted octanol–water partition coefficient (Wildman–Crippen LogP) is 1.38. The summed E-state index contributed by atoms with van der Waals surface area (Å²) in [5.74, 6) is 0.285. The third kappa shape index (κ3) is 2.97. The SMILES string of the molecule is CS(=O)c1nc(Nc2cccc(-n3nccn3)c2)c2c(=O)[nH]ccc2n1. The standard InChI is InChI=1S/C16H13N7O2S/c1-26(25)16-21-12-5-6-17-15(24)13(12)14(22-16)20-10-3-2-4-11(9-10)23-18-7-8-19-23/h2-9H,1H3,(H,17,24)(H,20,21,22). The fourth-order valence-electron chi connectivity index (χ4n) is 2.48. The monoisotopic (exact) mass is 367 g/mol. The summed E-state index contributed by atoms with van der Waals surface area (Å²) in [4.78, 5) is 24.8. The fourth-order valence-corrected chi connectivity index (χ4v) is 2.93. The number of hydrogen-bond donors (Lipinski definition) is 2. The van der Waals surface area contributed by atoms with Crippen LogP contribution >= 0.6 is 0 Å². The molecule has 0 aliphatic carbocycles. The molecule has 0 spiro atoms. The molecular formula is C16H13N7O2S. The zero-order valence-corrected chi connectivity index (χ0v) is 14.4. The molecule has 4 aromatic rings. The molecular weight excluding hydrogens is 354 g/mol. The summed E-state index contributed by atoms with van der Waals surface area (Å²) >= 11 is 0. The summed E-state index contributed by atoms with van der Waals surface area (Å²) in [5, 5.41) is 11.7. The third-order valence-corrected chi connectivity index (χ3v) is 4.31. The number of benzene rings is 1. The van der Waals surface area contributed by atoms with Gasteiger partial charge in [-0.3, -0.25) is 9.00 Å². The van der Waals surface area contributed by atoms with Crippen LogP contribution in [0.2, 0.25) is 0 Å². The van der Waals surface area contributed by atoms with Gasteiger partial charge in [-0.15, -0.1) is 0 Å². The first kappa shape index (κ1) is 16.1. The highest BCUT2D eigenvalue weighted by Crippen LogP contribution is 2.23. The van der Waals surface area contributed by atoms with Crippen LogP contribution in [0.3, 0.4) is 0 Å². The minimum Gasteiger partial charge on any atom is -0.339 e. The molecule has 0 fully saturated rings. The second-order valence-corrected chi connectivity index (χ2v) is 6.64. The van der Waals surface area contributed by atoms with Gasteiger partial charge in [0.2, 0.25) is 5.16 Å². The van der Waals surface area contributed by atoms with Crippen molar-refractivity contribution in [1.29, 1.82) is 0 Å². The second kappa shape index (κ2) is 6.48. The van der Waals surface area contributed by atoms with Crippen LogP contribution in [0.15, 0.2) is 58.9 Å². The summed E-state index contributed by atoms with van der Waals surface area (Å²) in [6.07, 6.45) is 6.15. The molecule has 1 unspecified atom stereocenters. The molecule has 3 heterocycles. The maximum absolute atomic E-state index is 12.2. The predicted molar refractivity (Wildman–Crippen MR) is 97.1 cm³/mol. The van der Waals surface area contributed by atoms with Crippen molar-refractivity contribution in [3.8, 4) is 5.69 Å². The van der Waals surface area contributed by atoms with Gasteiger partial charge in [0.15, 0.2) is 0 Å². The topological polar surface area (TPSA) is 118 Å². The van der Waals surface area contributed by atoms with E-state index in [2.05, 4.69) is 30.5 Å². The molecule has 130 valence electrons. The van der Waals surface area contributed by atoms with E-state index in [-0.39, 0.29) is 16.5 Å². The molecule has 2 N–H and O–H groups in total. The lowest BCUT2D eigenvalue weighted by molar-refractivity contribution is 0.680. The Kier molecular flexibility index (Phi) is 4.01. The molecule has 26 heavy (non-hydrogen) atoms. The van der Waals surface area contributed by atoms with Gasteiger partial charge in [0, 0.05) is 18.1 Å². The summed E-state index contributed by atoms with van der Waals surface area (Å²) in [6.45, 7) is 0. The van der Waals surface area contributed by atoms with Crippen LogP contribution in [0.4, 0.5) is 11.5 Å². The minimum absolute atomic E-state index is 0.149. The van der Waals surface area contributed by atoms with Crippen molar-refractivity contribution in [2.45, 2.75) is 5.16 Å². The van der Waals surface area contributed by atoms with Gasteiger partial charge in [-0.25, -0.2) is 9.97 Å². The summed E-state index contributed by atoms with van der Waals surface area (Å²) in [5.41, 5.74) is 1.51. The number of hydrogen-bond acceptors (Lipinski definition) is 7. The summed E-state index contributed by atoms with van der Waals surface area (Å²) < 4.78 is 11.8. The maximum atomic E-state index is 12.2. The Hall–Kier alpha value is -3.40. The van der Waals surface area contributed by atoms with E-state index in [4.69, 9.17) is 0 Å². The first-order valence-corrected chi connectivity index (χ1v) is 9.14. The largest absolute Gasteiger partial charge is 0.339 e. The third-order valence-electron chi connectivity index (χ3n) is 3.61. The van der Waals surface area contributed by atoms with Gasteiger partial charge in [0.25, 0.3) is 5.56 Å². The second-order valence-electron chi connectivity index (χ2n) is 5.37. The Morgan fingerprint density at radius 1 is 1.15 bits per heavy atom. The van der Waals surface area contributed by atoms with Gasteiger partial charge < -0.3 is 10.3 Å². The zero-order chi connectivity index (χ0) is 18.1. The molecule has 10 heteroatoms. The van der Waals surface area contributed by atoms with Gasteiger partial charge in [-0.2, -0.15) is 15.0 Å². The maximum Gasteiger partial charge on any atom is 0.261 e. The number of rotatable bonds is 4. The number of nitrogens with zero attached hydrogens (tertiary/aromatic N) is 5. The van der Waals surface area contributed by atoms with E-state index in [1.807, 2.05) is 24.3 Å². The highest BCUT2D eigenvalue weighted by Gasteiger charge is 2.13. The highest BCUT2D eigenvalue weighted by molar-refractivity contribution is 7.84. The Bertz CT molecular complexity index is 1170. The Labute approximate surface area is 149 Å². The molecule has 0 aliphatic heterocycles. The number of anilines is 2. The van der Waals surface area contributed by atoms with Crippen molar-refractivity contribution in [3.05, 3.63) is 59.3 Å². The first-order valence-electron chi connectivity index (χ1n) is 7.58. The van der Waals surface area contributed by atoms with Crippen LogP contribution in [0.25, 0.3) is 16.6 Å². The fraction of sp³-hybridized carbons (Fsp3) is 0.0625. The van der Waals surface area contributed by atoms with Gasteiger partial charge in [-0.05, 0) is 24.3 Å². The van der Waals surface area contributed by atoms with Crippen LogP contribution in [-0.4, -0.2) is 40.4 Å². The minimum atomic E-state index is -1.39. The number of nitrogens with one attached hydrogen (secondary N) is 2. The van der Waals surface area contributed by atoms with Gasteiger partial charge in [-0.1, -0.05) is 6.07 Å². The number of aromatic nitrogens is 6. The van der Waals surface area contributed by atoms with Crippen LogP contribution in [0.1, 0.15) is 0 Å². The van der Waals surface area contributed by atoms with Gasteiger partial charge in [0.1, 0.15) is 11.2 Å². The van der Waals surface area contributed by atoms with Crippen molar-refractivity contribution in [1.82, 2.24) is 29.9 Å². The highest BCUT2D eigenvalue weighted by atomic mass is 32.2. The van der Waals surface area contributed by atoms with E-state index in [1.165, 1.54) is 17.2 Å². The van der Waals surface area contributed by atoms with Crippen molar-refractivity contribution in [2.75, 3.05) is 11.6 Å². The van der Waals surface area contributed by atoms with E-state index in [9.17, 15) is 9.00 Å². The molecule has 1 aromatic carbocycles. The normalized spacial score (nSPS) is 12.2. The number of fused-ring (bicyclic) bond motifs is 1. The quantitative estimate of drug-likeness (QED) is 0.523. The van der Waals surface area contributed by atoms with Gasteiger partial charge in [0.05, 0.1) is 34.4 Å². The molecule has 4 rings (SSSR count). The lowest BCUT2D eigenvalue weighted by Gasteiger charge is -2.10. The average molecular weight is 367 g/mol. The summed E-state index contributed by atoms with van der Waals surface area (Å²) in [6, 6.07) is 8.95. The van der Waals surface area contributed by atoms with Crippen molar-refractivity contribution >= 4 is 33.2 Å². The Morgan fingerprint density at radius 3 is 2.73 bits per heavy atom. The molecule has 0 aliphatic rings. The van der Waals surface area contributed by atoms with E-state index in [0.29, 0.717) is 16.6 Å². The van der Waals surface area contributed by atoms with Crippen molar-refractivity contribution < 1.29 is 4.21 Å². The number of H-pyrrole nitrogens is 1. The molecule has 0 radical (unpaired) electrons. The smallest absolute Gasteiger partial charge is 0.261 e. The van der Waals surface area contributed by atoms with E-state index >= 15 is 0 Å². The lowest BCUT2D eigenvalue weighted by atomic mass is 10.2. The number of aromatic amines is 1. The molecule has 1 atom stereocenters. The molecule has 9 nitrogen and oxygen atoms in total.